The van der Waals surface area contributed by atoms with Gasteiger partial charge in [0.2, 0.25) is 0 Å². The number of benzene rings is 1. The third kappa shape index (κ3) is 2.19. The Morgan fingerprint density at radius 1 is 1.35 bits per heavy atom. The highest BCUT2D eigenvalue weighted by Crippen LogP contribution is 2.49. The molecule has 0 atom stereocenters. The van der Waals surface area contributed by atoms with Gasteiger partial charge >= 0.3 is 0 Å². The summed E-state index contributed by atoms with van der Waals surface area (Å²) in [5.41, 5.74) is 1.74. The van der Waals surface area contributed by atoms with Crippen LogP contribution < -0.4 is 4.74 Å². The van der Waals surface area contributed by atoms with Gasteiger partial charge in [-0.1, -0.05) is 26.8 Å². The Morgan fingerprint density at radius 2 is 2.00 bits per heavy atom. The minimum absolute atomic E-state index is 0.145. The van der Waals surface area contributed by atoms with Gasteiger partial charge < -0.3 is 9.84 Å². The minimum atomic E-state index is -0.634. The van der Waals surface area contributed by atoms with Crippen LogP contribution in [0.4, 0.5) is 0 Å². The predicted molar refractivity (Wildman–Crippen MR) is 69.4 cm³/mol. The summed E-state index contributed by atoms with van der Waals surface area (Å²) in [6.45, 7) is 6.65. The Morgan fingerprint density at radius 3 is 2.47 bits per heavy atom. The molecule has 94 valence electrons. The summed E-state index contributed by atoms with van der Waals surface area (Å²) in [7, 11) is 1.66. The van der Waals surface area contributed by atoms with E-state index in [1.807, 2.05) is 6.07 Å². The fourth-order valence-corrected chi connectivity index (χ4v) is 2.08. The second-order valence-corrected chi connectivity index (χ2v) is 5.68. The van der Waals surface area contributed by atoms with E-state index in [1.165, 1.54) is 5.56 Å². The van der Waals surface area contributed by atoms with Crippen LogP contribution in [-0.4, -0.2) is 12.2 Å². The Labute approximate surface area is 104 Å². The number of methoxy groups -OCH3 is 1. The molecule has 2 nitrogen and oxygen atoms in total. The smallest absolute Gasteiger partial charge is 0.124 e. The van der Waals surface area contributed by atoms with Gasteiger partial charge in [0.05, 0.1) is 12.7 Å². The van der Waals surface area contributed by atoms with Gasteiger partial charge in [-0.3, -0.25) is 0 Å². The summed E-state index contributed by atoms with van der Waals surface area (Å²) in [5.74, 6) is 0.806. The van der Waals surface area contributed by atoms with E-state index in [1.54, 1.807) is 7.11 Å². The van der Waals surface area contributed by atoms with E-state index >= 15 is 0 Å². The average molecular weight is 234 g/mol. The Kier molecular flexibility index (Phi) is 2.94. The van der Waals surface area contributed by atoms with Crippen molar-refractivity contribution in [2.45, 2.75) is 51.0 Å². The molecular weight excluding hydrogens is 212 g/mol. The summed E-state index contributed by atoms with van der Waals surface area (Å²) in [6.07, 6.45) is 2.77. The van der Waals surface area contributed by atoms with Crippen LogP contribution in [0.25, 0.3) is 0 Å². The summed E-state index contributed by atoms with van der Waals surface area (Å²) < 4.78 is 5.35. The van der Waals surface area contributed by atoms with Crippen molar-refractivity contribution in [1.29, 1.82) is 0 Å². The first-order chi connectivity index (χ1) is 7.93. The van der Waals surface area contributed by atoms with Gasteiger partial charge in [0.1, 0.15) is 5.75 Å². The molecule has 1 fully saturated rings. The van der Waals surface area contributed by atoms with Crippen molar-refractivity contribution in [1.82, 2.24) is 0 Å². The van der Waals surface area contributed by atoms with Crippen LogP contribution in [0.3, 0.4) is 0 Å². The molecule has 0 aromatic heterocycles. The zero-order chi connectivity index (χ0) is 12.7. The summed E-state index contributed by atoms with van der Waals surface area (Å²) in [4.78, 5) is 0. The maximum absolute atomic E-state index is 10.3. The molecule has 0 amide bonds. The van der Waals surface area contributed by atoms with Gasteiger partial charge in [-0.25, -0.2) is 0 Å². The normalized spacial score (nSPS) is 17.9. The Bertz CT molecular complexity index is 417. The van der Waals surface area contributed by atoms with E-state index in [0.29, 0.717) is 0 Å². The van der Waals surface area contributed by atoms with Gasteiger partial charge in [-0.15, -0.1) is 0 Å². The van der Waals surface area contributed by atoms with Crippen molar-refractivity contribution < 1.29 is 9.84 Å². The van der Waals surface area contributed by atoms with Crippen LogP contribution in [-0.2, 0) is 11.0 Å². The molecular formula is C15H22O2. The van der Waals surface area contributed by atoms with Crippen molar-refractivity contribution in [2.24, 2.45) is 0 Å². The van der Waals surface area contributed by atoms with Gasteiger partial charge in [0.25, 0.3) is 0 Å². The molecule has 0 saturated heterocycles. The maximum Gasteiger partial charge on any atom is 0.124 e. The van der Waals surface area contributed by atoms with E-state index < -0.39 is 5.60 Å². The zero-order valence-electron chi connectivity index (χ0n) is 11.2. The molecule has 1 saturated carbocycles. The molecule has 0 radical (unpaired) electrons. The molecule has 17 heavy (non-hydrogen) atoms. The standard InChI is InChI=1S/C15H22O2/c1-5-14(2,3)11-6-7-13(17-4)12(10-11)15(16)8-9-15/h6-7,10,16H,5,8-9H2,1-4H3. The second-order valence-electron chi connectivity index (χ2n) is 5.68. The van der Waals surface area contributed by atoms with Crippen LogP contribution in [0, 0.1) is 0 Å². The lowest BCUT2D eigenvalue weighted by Crippen LogP contribution is -2.17. The van der Waals surface area contributed by atoms with Gasteiger partial charge in [-0.05, 0) is 42.4 Å². The molecule has 2 heteroatoms. The van der Waals surface area contributed by atoms with E-state index in [4.69, 9.17) is 4.74 Å². The molecule has 0 aliphatic heterocycles. The van der Waals surface area contributed by atoms with Gasteiger partial charge in [-0.2, -0.15) is 0 Å². The maximum atomic E-state index is 10.3. The summed E-state index contributed by atoms with van der Waals surface area (Å²) in [5, 5.41) is 10.3. The molecule has 0 heterocycles. The second kappa shape index (κ2) is 4.02. The monoisotopic (exact) mass is 234 g/mol. The fourth-order valence-electron chi connectivity index (χ4n) is 2.08. The van der Waals surface area contributed by atoms with E-state index in [-0.39, 0.29) is 5.41 Å². The lowest BCUT2D eigenvalue weighted by Gasteiger charge is -2.25. The van der Waals surface area contributed by atoms with Crippen molar-refractivity contribution in [3.63, 3.8) is 0 Å². The first-order valence-electron chi connectivity index (χ1n) is 6.34. The van der Waals surface area contributed by atoms with Gasteiger partial charge in [0.15, 0.2) is 0 Å². The van der Waals surface area contributed by atoms with Gasteiger partial charge in [0, 0.05) is 5.56 Å². The SMILES string of the molecule is CCC(C)(C)c1ccc(OC)c(C2(O)CC2)c1. The first kappa shape index (κ1) is 12.4. The minimum Gasteiger partial charge on any atom is -0.496 e. The molecule has 2 rings (SSSR count). The lowest BCUT2D eigenvalue weighted by atomic mass is 9.81. The summed E-state index contributed by atoms with van der Waals surface area (Å²) >= 11 is 0. The quantitative estimate of drug-likeness (QED) is 0.865. The number of ether oxygens (including phenoxy) is 1. The number of rotatable bonds is 4. The molecule has 1 aliphatic carbocycles. The molecule has 0 unspecified atom stereocenters. The van der Waals surface area contributed by atoms with Crippen LogP contribution in [0.1, 0.15) is 51.2 Å². The molecule has 0 bridgehead atoms. The topological polar surface area (TPSA) is 29.5 Å². The third-order valence-corrected chi connectivity index (χ3v) is 4.09. The molecule has 0 spiro atoms. The Hall–Kier alpha value is -1.02. The van der Waals surface area contributed by atoms with E-state index in [9.17, 15) is 5.11 Å². The molecule has 1 N–H and O–H groups in total. The number of aliphatic hydroxyl groups is 1. The molecule has 1 aliphatic rings. The van der Waals surface area contributed by atoms with E-state index in [0.717, 1.165) is 30.6 Å². The highest BCUT2D eigenvalue weighted by Gasteiger charge is 2.44. The van der Waals surface area contributed by atoms with Crippen molar-refractivity contribution in [3.05, 3.63) is 29.3 Å². The van der Waals surface area contributed by atoms with Crippen molar-refractivity contribution >= 4 is 0 Å². The lowest BCUT2D eigenvalue weighted by molar-refractivity contribution is 0.147. The number of hydrogen-bond acceptors (Lipinski definition) is 2. The predicted octanol–water partition coefficient (Wildman–Crippen LogP) is 3.36. The molecule has 1 aromatic rings. The zero-order valence-corrected chi connectivity index (χ0v) is 11.2. The average Bonchev–Trinajstić information content (AvgIpc) is 3.07. The van der Waals surface area contributed by atoms with Crippen molar-refractivity contribution in [3.8, 4) is 5.75 Å². The third-order valence-electron chi connectivity index (χ3n) is 4.09. The fraction of sp³-hybridized carbons (Fsp3) is 0.600. The Balaban J connectivity index is 2.46. The van der Waals surface area contributed by atoms with Crippen LogP contribution in [0.2, 0.25) is 0 Å². The highest BCUT2D eigenvalue weighted by atomic mass is 16.5. The van der Waals surface area contributed by atoms with E-state index in [2.05, 4.69) is 32.9 Å². The molecule has 1 aromatic carbocycles. The highest BCUT2D eigenvalue weighted by molar-refractivity contribution is 5.45. The summed E-state index contributed by atoms with van der Waals surface area (Å²) in [6, 6.07) is 6.21. The van der Waals surface area contributed by atoms with Crippen LogP contribution in [0.15, 0.2) is 18.2 Å². The van der Waals surface area contributed by atoms with Crippen LogP contribution >= 0.6 is 0 Å². The largest absolute Gasteiger partial charge is 0.496 e. The number of hydrogen-bond donors (Lipinski definition) is 1. The first-order valence-corrected chi connectivity index (χ1v) is 6.34. The van der Waals surface area contributed by atoms with Crippen LogP contribution in [0.5, 0.6) is 5.75 Å². The van der Waals surface area contributed by atoms with Crippen molar-refractivity contribution in [2.75, 3.05) is 7.11 Å².